The van der Waals surface area contributed by atoms with Crippen LogP contribution in [-0.4, -0.2) is 24.8 Å². The van der Waals surface area contributed by atoms with Crippen LogP contribution in [0.2, 0.25) is 0 Å². The smallest absolute Gasteiger partial charge is 0.416 e. The van der Waals surface area contributed by atoms with E-state index in [-0.39, 0.29) is 18.0 Å². The van der Waals surface area contributed by atoms with E-state index in [0.717, 1.165) is 12.1 Å². The van der Waals surface area contributed by atoms with Crippen LogP contribution in [0.15, 0.2) is 42.5 Å². The van der Waals surface area contributed by atoms with Crippen molar-refractivity contribution in [2.75, 3.05) is 12.1 Å². The van der Waals surface area contributed by atoms with E-state index >= 15 is 0 Å². The number of anilines is 1. The van der Waals surface area contributed by atoms with Gasteiger partial charge in [-0.25, -0.2) is 4.79 Å². The zero-order valence-corrected chi connectivity index (χ0v) is 14.0. The van der Waals surface area contributed by atoms with Gasteiger partial charge in [0.1, 0.15) is 0 Å². The van der Waals surface area contributed by atoms with Crippen LogP contribution in [0.3, 0.4) is 0 Å². The van der Waals surface area contributed by atoms with Gasteiger partial charge in [0.25, 0.3) is 5.91 Å². The third-order valence-electron chi connectivity index (χ3n) is 3.72. The molecule has 1 amide bonds. The molecule has 3 rings (SSSR count). The molecule has 0 unspecified atom stereocenters. The van der Waals surface area contributed by atoms with E-state index in [9.17, 15) is 22.8 Å². The van der Waals surface area contributed by atoms with Crippen LogP contribution in [0, 0.1) is 0 Å². The predicted molar refractivity (Wildman–Crippen MR) is 87.5 cm³/mol. The molecule has 1 aliphatic rings. The molecule has 1 N–H and O–H groups in total. The molecular formula is C18H14F3NO5. The molecule has 142 valence electrons. The molecule has 27 heavy (non-hydrogen) atoms. The monoisotopic (exact) mass is 381 g/mol. The summed E-state index contributed by atoms with van der Waals surface area (Å²) in [6.45, 7) is 1.36. The highest BCUT2D eigenvalue weighted by molar-refractivity contribution is 5.97. The highest BCUT2D eigenvalue weighted by Gasteiger charge is 2.30. The van der Waals surface area contributed by atoms with E-state index in [1.54, 1.807) is 0 Å². The van der Waals surface area contributed by atoms with Crippen LogP contribution < -0.4 is 14.8 Å². The van der Waals surface area contributed by atoms with E-state index in [1.165, 1.54) is 37.3 Å². The summed E-state index contributed by atoms with van der Waals surface area (Å²) in [7, 11) is 0. The lowest BCUT2D eigenvalue weighted by atomic mass is 10.2. The molecular weight excluding hydrogens is 367 g/mol. The fourth-order valence-corrected chi connectivity index (χ4v) is 2.32. The first-order chi connectivity index (χ1) is 12.7. The zero-order valence-electron chi connectivity index (χ0n) is 14.0. The van der Waals surface area contributed by atoms with Crippen LogP contribution in [0.4, 0.5) is 18.9 Å². The van der Waals surface area contributed by atoms with Crippen LogP contribution in [0.5, 0.6) is 11.5 Å². The summed E-state index contributed by atoms with van der Waals surface area (Å²) in [6.07, 6.45) is -5.75. The van der Waals surface area contributed by atoms with Crippen LogP contribution in [0.25, 0.3) is 0 Å². The molecule has 0 radical (unpaired) electrons. The number of fused-ring (bicyclic) bond motifs is 1. The maximum Gasteiger partial charge on any atom is 0.416 e. The number of carbonyl (C=O) groups excluding carboxylic acids is 2. The quantitative estimate of drug-likeness (QED) is 0.819. The summed E-state index contributed by atoms with van der Waals surface area (Å²) < 4.78 is 53.5. The molecule has 0 bridgehead atoms. The Labute approximate surface area is 151 Å². The van der Waals surface area contributed by atoms with Crippen LogP contribution >= 0.6 is 0 Å². The van der Waals surface area contributed by atoms with E-state index in [4.69, 9.17) is 14.2 Å². The van der Waals surface area contributed by atoms with Gasteiger partial charge in [-0.2, -0.15) is 13.2 Å². The van der Waals surface area contributed by atoms with Gasteiger partial charge in [-0.15, -0.1) is 0 Å². The first kappa shape index (κ1) is 18.6. The van der Waals surface area contributed by atoms with Gasteiger partial charge >= 0.3 is 12.1 Å². The largest absolute Gasteiger partial charge is 0.454 e. The Morgan fingerprint density at radius 3 is 2.59 bits per heavy atom. The molecule has 0 aliphatic carbocycles. The first-order valence-electron chi connectivity index (χ1n) is 7.83. The van der Waals surface area contributed by atoms with Crippen LogP contribution in [0.1, 0.15) is 22.8 Å². The van der Waals surface area contributed by atoms with Crippen molar-refractivity contribution in [1.82, 2.24) is 0 Å². The van der Waals surface area contributed by atoms with Gasteiger partial charge in [-0.3, -0.25) is 4.79 Å². The third kappa shape index (κ3) is 4.30. The zero-order chi connectivity index (χ0) is 19.6. The predicted octanol–water partition coefficient (Wildman–Crippen LogP) is 3.62. The molecule has 6 nitrogen and oxygen atoms in total. The van der Waals surface area contributed by atoms with Crippen LogP contribution in [-0.2, 0) is 15.7 Å². The van der Waals surface area contributed by atoms with Gasteiger partial charge in [0.2, 0.25) is 6.79 Å². The van der Waals surface area contributed by atoms with Crippen molar-refractivity contribution in [2.45, 2.75) is 19.2 Å². The number of esters is 1. The molecule has 1 aliphatic heterocycles. The van der Waals surface area contributed by atoms with E-state index < -0.39 is 29.7 Å². The van der Waals surface area contributed by atoms with Crippen molar-refractivity contribution < 1.29 is 37.0 Å². The lowest BCUT2D eigenvalue weighted by molar-refractivity contribution is -0.137. The average Bonchev–Trinajstić information content (AvgIpc) is 3.08. The summed E-state index contributed by atoms with van der Waals surface area (Å²) in [5.74, 6) is -0.671. The first-order valence-corrected chi connectivity index (χ1v) is 7.83. The van der Waals surface area contributed by atoms with Crippen molar-refractivity contribution in [1.29, 1.82) is 0 Å². The second-order valence-corrected chi connectivity index (χ2v) is 5.68. The number of amides is 1. The molecule has 0 fully saturated rings. The average molecular weight is 381 g/mol. The Kier molecular flexibility index (Phi) is 4.93. The number of nitrogens with one attached hydrogen (secondary N) is 1. The summed E-state index contributed by atoms with van der Waals surface area (Å²) in [5, 5.41) is 2.29. The maximum atomic E-state index is 12.7. The second-order valence-electron chi connectivity index (χ2n) is 5.68. The molecule has 0 saturated heterocycles. The van der Waals surface area contributed by atoms with Gasteiger partial charge in [0.05, 0.1) is 11.1 Å². The number of hydrogen-bond donors (Lipinski definition) is 1. The number of ether oxygens (including phenoxy) is 3. The summed E-state index contributed by atoms with van der Waals surface area (Å²) in [5.41, 5.74) is -0.802. The highest BCUT2D eigenvalue weighted by atomic mass is 19.4. The molecule has 0 spiro atoms. The van der Waals surface area contributed by atoms with E-state index in [2.05, 4.69) is 5.32 Å². The minimum atomic E-state index is -4.53. The minimum Gasteiger partial charge on any atom is -0.454 e. The van der Waals surface area contributed by atoms with Crippen molar-refractivity contribution >= 4 is 17.6 Å². The molecule has 2 aromatic carbocycles. The standard InChI is InChI=1S/C18H14F3NO5/c1-10(16(23)22-13-4-2-3-12(8-13)18(19,20)21)27-17(24)11-5-6-14-15(7-11)26-9-25-14/h2-8,10H,9H2,1H3,(H,22,23)/t10-/m0/s1. The summed E-state index contributed by atoms with van der Waals surface area (Å²) >= 11 is 0. The third-order valence-corrected chi connectivity index (χ3v) is 3.72. The highest BCUT2D eigenvalue weighted by Crippen LogP contribution is 2.33. The van der Waals surface area contributed by atoms with Gasteiger partial charge in [-0.05, 0) is 43.3 Å². The molecule has 0 saturated carbocycles. The normalized spacial score (nSPS) is 13.8. The fraction of sp³-hybridized carbons (Fsp3) is 0.222. The molecule has 1 heterocycles. The molecule has 9 heteroatoms. The number of benzene rings is 2. The molecule has 0 aromatic heterocycles. The minimum absolute atomic E-state index is 0.0453. The Balaban J connectivity index is 1.63. The number of carbonyl (C=O) groups is 2. The number of alkyl halides is 3. The van der Waals surface area contributed by atoms with Gasteiger partial charge < -0.3 is 19.5 Å². The molecule has 1 atom stereocenters. The van der Waals surface area contributed by atoms with Gasteiger partial charge in [-0.1, -0.05) is 6.07 Å². The number of halogens is 3. The summed E-state index contributed by atoms with van der Waals surface area (Å²) in [4.78, 5) is 24.3. The van der Waals surface area contributed by atoms with Crippen molar-refractivity contribution in [3.05, 3.63) is 53.6 Å². The van der Waals surface area contributed by atoms with Crippen molar-refractivity contribution in [3.8, 4) is 11.5 Å². The summed E-state index contributed by atoms with van der Waals surface area (Å²) in [6, 6.07) is 8.56. The van der Waals surface area contributed by atoms with E-state index in [1.807, 2.05) is 0 Å². The Bertz CT molecular complexity index is 882. The van der Waals surface area contributed by atoms with Gasteiger partial charge in [0.15, 0.2) is 17.6 Å². The lowest BCUT2D eigenvalue weighted by Crippen LogP contribution is -2.30. The Hall–Kier alpha value is -3.23. The Morgan fingerprint density at radius 1 is 1.11 bits per heavy atom. The van der Waals surface area contributed by atoms with Crippen molar-refractivity contribution in [3.63, 3.8) is 0 Å². The topological polar surface area (TPSA) is 73.9 Å². The number of rotatable bonds is 4. The Morgan fingerprint density at radius 2 is 1.85 bits per heavy atom. The van der Waals surface area contributed by atoms with Crippen molar-refractivity contribution in [2.24, 2.45) is 0 Å². The molecule has 2 aromatic rings. The second kappa shape index (κ2) is 7.18. The maximum absolute atomic E-state index is 12.7. The number of hydrogen-bond acceptors (Lipinski definition) is 5. The van der Waals surface area contributed by atoms with Gasteiger partial charge in [0, 0.05) is 5.69 Å². The lowest BCUT2D eigenvalue weighted by Gasteiger charge is -2.14. The SMILES string of the molecule is C[C@H](OC(=O)c1ccc2c(c1)OCO2)C(=O)Nc1cccc(C(F)(F)F)c1. The van der Waals surface area contributed by atoms with E-state index in [0.29, 0.717) is 11.5 Å². The fourth-order valence-electron chi connectivity index (χ4n) is 2.32.